The summed E-state index contributed by atoms with van der Waals surface area (Å²) in [5, 5.41) is 10.8. The predicted octanol–water partition coefficient (Wildman–Crippen LogP) is 1.56. The number of fused-ring (bicyclic) bond motifs is 1. The van der Waals surface area contributed by atoms with E-state index in [0.717, 1.165) is 44.5 Å². The van der Waals surface area contributed by atoms with Gasteiger partial charge in [0.05, 0.1) is 36.0 Å². The molecule has 29 heavy (non-hydrogen) atoms. The number of rotatable bonds is 5. The van der Waals surface area contributed by atoms with E-state index >= 15 is 0 Å². The maximum Gasteiger partial charge on any atom is 0.269 e. The van der Waals surface area contributed by atoms with Crippen molar-refractivity contribution in [2.24, 2.45) is 0 Å². The predicted molar refractivity (Wildman–Crippen MR) is 109 cm³/mol. The van der Waals surface area contributed by atoms with Gasteiger partial charge in [-0.1, -0.05) is 6.07 Å². The first kappa shape index (κ1) is 20.0. The molecule has 2 aliphatic rings. The van der Waals surface area contributed by atoms with Crippen LogP contribution in [0.1, 0.15) is 29.5 Å². The van der Waals surface area contributed by atoms with Crippen molar-refractivity contribution in [3.63, 3.8) is 0 Å². The molecule has 1 N–H and O–H groups in total. The van der Waals surface area contributed by atoms with E-state index in [-0.39, 0.29) is 5.69 Å². The number of piperazine rings is 1. The zero-order chi connectivity index (χ0) is 20.4. The van der Waals surface area contributed by atoms with Gasteiger partial charge in [0.2, 0.25) is 10.0 Å². The Hall–Kier alpha value is -2.29. The molecule has 0 unspecified atom stereocenters. The fourth-order valence-corrected chi connectivity index (χ4v) is 5.76. The van der Waals surface area contributed by atoms with Gasteiger partial charge in [-0.05, 0) is 61.1 Å². The second-order valence-electron chi connectivity index (χ2n) is 7.89. The van der Waals surface area contributed by atoms with Crippen LogP contribution < -0.4 is 4.90 Å². The highest BCUT2D eigenvalue weighted by Crippen LogP contribution is 2.25. The second-order valence-corrected chi connectivity index (χ2v) is 9.83. The van der Waals surface area contributed by atoms with Crippen molar-refractivity contribution in [3.8, 4) is 0 Å². The Balaban J connectivity index is 1.39. The van der Waals surface area contributed by atoms with Crippen LogP contribution in [0.2, 0.25) is 0 Å². The van der Waals surface area contributed by atoms with Gasteiger partial charge in [0.25, 0.3) is 5.69 Å². The number of benzene rings is 2. The zero-order valence-electron chi connectivity index (χ0n) is 16.3. The lowest BCUT2D eigenvalue weighted by Crippen LogP contribution is -3.13. The van der Waals surface area contributed by atoms with Crippen LogP contribution in [0.4, 0.5) is 5.69 Å². The molecular weight excluding hydrogens is 390 g/mol. The molecule has 1 aliphatic carbocycles. The minimum absolute atomic E-state index is 0.0877. The van der Waals surface area contributed by atoms with Gasteiger partial charge in [0, 0.05) is 17.7 Å². The molecule has 1 saturated heterocycles. The largest absolute Gasteiger partial charge is 0.329 e. The standard InChI is InChI=1S/C21H25N3O4S/c25-24(26)20-8-5-17(6-9-20)16-22-11-13-23(14-12-22)29(27,28)21-10-7-18-3-1-2-4-19(18)15-21/h5-10,15H,1-4,11-14,16H2/p+1. The van der Waals surface area contributed by atoms with Gasteiger partial charge in [-0.2, -0.15) is 4.31 Å². The van der Waals surface area contributed by atoms with E-state index in [1.54, 1.807) is 22.5 Å². The molecule has 0 spiro atoms. The summed E-state index contributed by atoms with van der Waals surface area (Å²) in [5.41, 5.74) is 3.58. The minimum atomic E-state index is -3.46. The molecule has 0 bridgehead atoms. The summed E-state index contributed by atoms with van der Waals surface area (Å²) in [6.45, 7) is 3.16. The van der Waals surface area contributed by atoms with Crippen LogP contribution in [0.25, 0.3) is 0 Å². The van der Waals surface area contributed by atoms with Crippen LogP contribution >= 0.6 is 0 Å². The SMILES string of the molecule is O=[N+]([O-])c1ccc(C[NH+]2CCN(S(=O)(=O)c3ccc4c(c3)CCCC4)CC2)cc1. The van der Waals surface area contributed by atoms with Gasteiger partial charge in [-0.15, -0.1) is 0 Å². The fraction of sp³-hybridized carbons (Fsp3) is 0.429. The summed E-state index contributed by atoms with van der Waals surface area (Å²) in [5.74, 6) is 0. The van der Waals surface area contributed by atoms with E-state index < -0.39 is 14.9 Å². The third-order valence-corrected chi connectivity index (χ3v) is 7.88. The van der Waals surface area contributed by atoms with E-state index in [2.05, 4.69) is 0 Å². The Morgan fingerprint density at radius 2 is 1.62 bits per heavy atom. The smallest absolute Gasteiger partial charge is 0.269 e. The highest BCUT2D eigenvalue weighted by molar-refractivity contribution is 7.89. The van der Waals surface area contributed by atoms with Crippen molar-refractivity contribution < 1.29 is 18.2 Å². The van der Waals surface area contributed by atoms with E-state index in [1.165, 1.54) is 34.6 Å². The van der Waals surface area contributed by atoms with E-state index in [4.69, 9.17) is 0 Å². The van der Waals surface area contributed by atoms with Crippen LogP contribution in [0.3, 0.4) is 0 Å². The van der Waals surface area contributed by atoms with E-state index in [1.807, 2.05) is 12.1 Å². The van der Waals surface area contributed by atoms with Gasteiger partial charge < -0.3 is 4.90 Å². The van der Waals surface area contributed by atoms with Crippen LogP contribution in [0.5, 0.6) is 0 Å². The number of sulfonamides is 1. The number of aryl methyl sites for hydroxylation is 2. The summed E-state index contributed by atoms with van der Waals surface area (Å²) in [6, 6.07) is 12.2. The molecular formula is C21H26N3O4S+. The Bertz CT molecular complexity index is 997. The quantitative estimate of drug-likeness (QED) is 0.592. The van der Waals surface area contributed by atoms with Gasteiger partial charge in [-0.25, -0.2) is 8.42 Å². The molecule has 0 aromatic heterocycles. The van der Waals surface area contributed by atoms with Gasteiger partial charge in [0.1, 0.15) is 6.54 Å². The molecule has 0 amide bonds. The lowest BCUT2D eigenvalue weighted by Gasteiger charge is -2.31. The summed E-state index contributed by atoms with van der Waals surface area (Å²) in [4.78, 5) is 12.1. The summed E-state index contributed by atoms with van der Waals surface area (Å²) >= 11 is 0. The average Bonchev–Trinajstić information content (AvgIpc) is 2.74. The molecule has 154 valence electrons. The number of nitro groups is 1. The maximum absolute atomic E-state index is 13.1. The number of quaternary nitrogens is 1. The van der Waals surface area contributed by atoms with E-state index in [0.29, 0.717) is 18.0 Å². The first-order chi connectivity index (χ1) is 13.9. The van der Waals surface area contributed by atoms with E-state index in [9.17, 15) is 18.5 Å². The highest BCUT2D eigenvalue weighted by atomic mass is 32.2. The first-order valence-electron chi connectivity index (χ1n) is 10.1. The number of hydrogen-bond acceptors (Lipinski definition) is 4. The second kappa shape index (κ2) is 8.22. The topological polar surface area (TPSA) is 85.0 Å². The van der Waals surface area contributed by atoms with Gasteiger partial charge >= 0.3 is 0 Å². The molecule has 1 fully saturated rings. The highest BCUT2D eigenvalue weighted by Gasteiger charge is 2.31. The summed E-state index contributed by atoms with van der Waals surface area (Å²) in [7, 11) is -3.46. The molecule has 1 heterocycles. The Morgan fingerprint density at radius 1 is 0.966 bits per heavy atom. The molecule has 0 saturated carbocycles. The van der Waals surface area contributed by atoms with Crippen LogP contribution in [-0.4, -0.2) is 43.8 Å². The van der Waals surface area contributed by atoms with Crippen molar-refractivity contribution in [1.29, 1.82) is 0 Å². The molecule has 1 aliphatic heterocycles. The van der Waals surface area contributed by atoms with Crippen molar-refractivity contribution in [1.82, 2.24) is 4.31 Å². The van der Waals surface area contributed by atoms with Crippen molar-refractivity contribution in [2.75, 3.05) is 26.2 Å². The number of nitrogens with zero attached hydrogens (tertiary/aromatic N) is 2. The van der Waals surface area contributed by atoms with Crippen molar-refractivity contribution in [2.45, 2.75) is 37.1 Å². The molecule has 2 aromatic carbocycles. The monoisotopic (exact) mass is 416 g/mol. The molecule has 2 aromatic rings. The Morgan fingerprint density at radius 3 is 2.28 bits per heavy atom. The molecule has 7 nitrogen and oxygen atoms in total. The number of nitro benzene ring substituents is 1. The number of nitrogens with one attached hydrogen (secondary N) is 1. The average molecular weight is 417 g/mol. The fourth-order valence-electron chi connectivity index (χ4n) is 4.26. The van der Waals surface area contributed by atoms with Gasteiger partial charge in [-0.3, -0.25) is 10.1 Å². The van der Waals surface area contributed by atoms with Crippen molar-refractivity contribution >= 4 is 15.7 Å². The van der Waals surface area contributed by atoms with Crippen LogP contribution in [0, 0.1) is 10.1 Å². The molecule has 0 radical (unpaired) electrons. The zero-order valence-corrected chi connectivity index (χ0v) is 17.2. The maximum atomic E-state index is 13.1. The van der Waals surface area contributed by atoms with Crippen molar-refractivity contribution in [3.05, 3.63) is 69.3 Å². The molecule has 8 heteroatoms. The Kier molecular flexibility index (Phi) is 5.67. The van der Waals surface area contributed by atoms with Gasteiger partial charge in [0.15, 0.2) is 0 Å². The Labute approximate surface area is 171 Å². The first-order valence-corrected chi connectivity index (χ1v) is 11.6. The normalized spacial score (nSPS) is 18.3. The number of non-ortho nitro benzene ring substituents is 1. The third-order valence-electron chi connectivity index (χ3n) is 5.99. The molecule has 0 atom stereocenters. The summed E-state index contributed by atoms with van der Waals surface area (Å²) < 4.78 is 27.8. The minimum Gasteiger partial charge on any atom is -0.329 e. The lowest BCUT2D eigenvalue weighted by atomic mass is 9.92. The van der Waals surface area contributed by atoms with Crippen LogP contribution in [0.15, 0.2) is 47.4 Å². The lowest BCUT2D eigenvalue weighted by molar-refractivity contribution is -0.917. The molecule has 4 rings (SSSR count). The van der Waals surface area contributed by atoms with Crippen LogP contribution in [-0.2, 0) is 29.4 Å². The summed E-state index contributed by atoms with van der Waals surface area (Å²) in [6.07, 6.45) is 4.31. The number of hydrogen-bond donors (Lipinski definition) is 1. The third kappa shape index (κ3) is 4.34.